The van der Waals surface area contributed by atoms with Crippen molar-refractivity contribution in [3.63, 3.8) is 0 Å². The predicted octanol–water partition coefficient (Wildman–Crippen LogP) is 4.51. The van der Waals surface area contributed by atoms with Gasteiger partial charge in [0.25, 0.3) is 5.56 Å². The fraction of sp³-hybridized carbons (Fsp3) is 0.481. The van der Waals surface area contributed by atoms with Crippen molar-refractivity contribution in [2.75, 3.05) is 39.5 Å². The Morgan fingerprint density at radius 1 is 1.17 bits per heavy atom. The molecule has 1 saturated heterocycles. The summed E-state index contributed by atoms with van der Waals surface area (Å²) in [5.74, 6) is 0.193. The van der Waals surface area contributed by atoms with Gasteiger partial charge in [0.15, 0.2) is 17.4 Å². The minimum atomic E-state index is -1.11. The molecule has 1 aliphatic heterocycles. The average molecular weight is 504 g/mol. The summed E-state index contributed by atoms with van der Waals surface area (Å²) in [6, 6.07) is 5.71. The summed E-state index contributed by atoms with van der Waals surface area (Å²) in [6.07, 6.45) is 5.19. The minimum absolute atomic E-state index is 0.0702. The van der Waals surface area contributed by atoms with Crippen LogP contribution in [0.3, 0.4) is 0 Å². The lowest BCUT2D eigenvalue weighted by molar-refractivity contribution is 0.0320. The SMILES string of the molecule is CCC.Cc1cc(=O)n(-c2ccc(OCCN3CCOCC3)c(F)c2)c(COC2=CC(F)CC=C2)n1. The van der Waals surface area contributed by atoms with E-state index in [4.69, 9.17) is 14.2 Å². The highest BCUT2D eigenvalue weighted by Gasteiger charge is 2.15. The van der Waals surface area contributed by atoms with Crippen LogP contribution in [-0.4, -0.2) is 60.1 Å². The van der Waals surface area contributed by atoms with Gasteiger partial charge in [0.1, 0.15) is 25.1 Å². The van der Waals surface area contributed by atoms with Crippen molar-refractivity contribution in [1.29, 1.82) is 0 Å². The van der Waals surface area contributed by atoms with Gasteiger partial charge in [0, 0.05) is 43.9 Å². The number of allylic oxidation sites excluding steroid dienone is 3. The molecule has 0 saturated carbocycles. The number of halogens is 2. The molecule has 196 valence electrons. The first-order valence-corrected chi connectivity index (χ1v) is 12.4. The van der Waals surface area contributed by atoms with E-state index in [-0.39, 0.29) is 23.7 Å². The summed E-state index contributed by atoms with van der Waals surface area (Å²) < 4.78 is 46.2. The van der Waals surface area contributed by atoms with Crippen LogP contribution in [0, 0.1) is 12.7 Å². The monoisotopic (exact) mass is 503 g/mol. The number of rotatable bonds is 8. The van der Waals surface area contributed by atoms with Crippen LogP contribution in [0.25, 0.3) is 5.69 Å². The molecule has 4 rings (SSSR count). The topological polar surface area (TPSA) is 65.8 Å². The number of aryl methyl sites for hydroxylation is 1. The molecular weight excluding hydrogens is 468 g/mol. The lowest BCUT2D eigenvalue weighted by atomic mass is 10.1. The highest BCUT2D eigenvalue weighted by molar-refractivity contribution is 5.40. The fourth-order valence-corrected chi connectivity index (χ4v) is 3.74. The molecule has 1 aliphatic carbocycles. The van der Waals surface area contributed by atoms with Crippen molar-refractivity contribution in [2.45, 2.75) is 46.4 Å². The van der Waals surface area contributed by atoms with Crippen LogP contribution in [-0.2, 0) is 16.1 Å². The maximum absolute atomic E-state index is 14.8. The largest absolute Gasteiger partial charge is 0.489 e. The molecule has 1 unspecified atom stereocenters. The molecule has 36 heavy (non-hydrogen) atoms. The highest BCUT2D eigenvalue weighted by Crippen LogP contribution is 2.22. The number of hydrogen-bond acceptors (Lipinski definition) is 6. The van der Waals surface area contributed by atoms with Gasteiger partial charge in [-0.1, -0.05) is 26.3 Å². The van der Waals surface area contributed by atoms with E-state index in [1.807, 2.05) is 0 Å². The highest BCUT2D eigenvalue weighted by atomic mass is 19.1. The van der Waals surface area contributed by atoms with Crippen molar-refractivity contribution >= 4 is 0 Å². The Kier molecular flexibility index (Phi) is 10.6. The van der Waals surface area contributed by atoms with Crippen LogP contribution < -0.4 is 10.3 Å². The van der Waals surface area contributed by atoms with E-state index in [1.165, 1.54) is 35.3 Å². The summed E-state index contributed by atoms with van der Waals surface area (Å²) in [7, 11) is 0. The Morgan fingerprint density at radius 2 is 1.92 bits per heavy atom. The normalized spacial score (nSPS) is 17.7. The van der Waals surface area contributed by atoms with E-state index in [1.54, 1.807) is 25.1 Å². The van der Waals surface area contributed by atoms with Crippen molar-refractivity contribution in [2.24, 2.45) is 0 Å². The molecule has 1 atom stereocenters. The van der Waals surface area contributed by atoms with Crippen molar-refractivity contribution in [3.05, 3.63) is 75.9 Å². The quantitative estimate of drug-likeness (QED) is 0.528. The zero-order chi connectivity index (χ0) is 25.9. The molecule has 0 radical (unpaired) electrons. The minimum Gasteiger partial charge on any atom is -0.489 e. The molecular formula is C27H35F2N3O4. The molecule has 2 aliphatic rings. The van der Waals surface area contributed by atoms with E-state index in [0.717, 1.165) is 13.1 Å². The number of aromatic nitrogens is 2. The van der Waals surface area contributed by atoms with Gasteiger partial charge in [-0.25, -0.2) is 13.8 Å². The third-order valence-electron chi connectivity index (χ3n) is 5.42. The Morgan fingerprint density at radius 3 is 2.61 bits per heavy atom. The van der Waals surface area contributed by atoms with Crippen molar-refractivity contribution in [1.82, 2.24) is 14.5 Å². The molecule has 0 spiro atoms. The molecule has 1 aromatic carbocycles. The number of hydrogen-bond donors (Lipinski definition) is 0. The zero-order valence-electron chi connectivity index (χ0n) is 21.2. The molecule has 2 heterocycles. The molecule has 0 N–H and O–H groups in total. The second kappa shape index (κ2) is 13.9. The lowest BCUT2D eigenvalue weighted by Crippen LogP contribution is -2.38. The van der Waals surface area contributed by atoms with E-state index in [2.05, 4.69) is 23.7 Å². The lowest BCUT2D eigenvalue weighted by Gasteiger charge is -2.26. The van der Waals surface area contributed by atoms with Crippen LogP contribution in [0.2, 0.25) is 0 Å². The Bertz CT molecular complexity index is 1110. The van der Waals surface area contributed by atoms with Crippen molar-refractivity contribution < 1.29 is 23.0 Å². The second-order valence-corrected chi connectivity index (χ2v) is 8.62. The summed E-state index contributed by atoms with van der Waals surface area (Å²) in [5, 5.41) is 0. The third-order valence-corrected chi connectivity index (χ3v) is 5.42. The predicted molar refractivity (Wildman–Crippen MR) is 135 cm³/mol. The Balaban J connectivity index is 0.00000115. The van der Waals surface area contributed by atoms with E-state index in [0.29, 0.717) is 49.9 Å². The van der Waals surface area contributed by atoms with E-state index >= 15 is 0 Å². The van der Waals surface area contributed by atoms with Gasteiger partial charge in [0.05, 0.1) is 18.9 Å². The molecule has 0 bridgehead atoms. The standard InChI is InChI=1S/C24H27F2N3O4.C3H8/c1-17-13-24(30)29(23(27-17)16-33-20-4-2-3-18(25)14-20)19-5-6-22(21(26)15-19)32-12-9-28-7-10-31-11-8-28;1-3-2/h2,4-6,13-15,18H,3,7-12,16H2,1H3;3H2,1-2H3. The zero-order valence-corrected chi connectivity index (χ0v) is 21.2. The number of nitrogens with zero attached hydrogens (tertiary/aromatic N) is 3. The second-order valence-electron chi connectivity index (χ2n) is 8.62. The number of morpholine rings is 1. The fourth-order valence-electron chi connectivity index (χ4n) is 3.74. The summed E-state index contributed by atoms with van der Waals surface area (Å²) in [4.78, 5) is 19.3. The number of alkyl halides is 1. The van der Waals surface area contributed by atoms with Crippen LogP contribution in [0.5, 0.6) is 5.75 Å². The van der Waals surface area contributed by atoms with Gasteiger partial charge in [-0.2, -0.15) is 0 Å². The average Bonchev–Trinajstić information content (AvgIpc) is 2.85. The molecule has 2 aromatic rings. The molecule has 9 heteroatoms. The molecule has 0 amide bonds. The Labute approximate surface area is 211 Å². The number of benzene rings is 1. The summed E-state index contributed by atoms with van der Waals surface area (Å²) >= 11 is 0. The smallest absolute Gasteiger partial charge is 0.258 e. The van der Waals surface area contributed by atoms with Gasteiger partial charge in [0.2, 0.25) is 0 Å². The van der Waals surface area contributed by atoms with Gasteiger partial charge >= 0.3 is 0 Å². The van der Waals surface area contributed by atoms with Crippen LogP contribution in [0.4, 0.5) is 8.78 Å². The van der Waals surface area contributed by atoms with Crippen molar-refractivity contribution in [3.8, 4) is 11.4 Å². The number of ether oxygens (including phenoxy) is 3. The van der Waals surface area contributed by atoms with Crippen LogP contribution in [0.15, 0.2) is 53.0 Å². The maximum atomic E-state index is 14.8. The van der Waals surface area contributed by atoms with Crippen LogP contribution >= 0.6 is 0 Å². The molecule has 1 aromatic heterocycles. The molecule has 7 nitrogen and oxygen atoms in total. The first-order valence-electron chi connectivity index (χ1n) is 12.4. The first kappa shape index (κ1) is 27.5. The van der Waals surface area contributed by atoms with E-state index < -0.39 is 12.0 Å². The summed E-state index contributed by atoms with van der Waals surface area (Å²) in [5.41, 5.74) is 0.452. The third kappa shape index (κ3) is 7.99. The van der Waals surface area contributed by atoms with E-state index in [9.17, 15) is 13.6 Å². The summed E-state index contributed by atoms with van der Waals surface area (Å²) in [6.45, 7) is 9.94. The van der Waals surface area contributed by atoms with Gasteiger partial charge < -0.3 is 14.2 Å². The molecule has 1 fully saturated rings. The van der Waals surface area contributed by atoms with Gasteiger partial charge in [-0.05, 0) is 31.2 Å². The van der Waals surface area contributed by atoms with Gasteiger partial charge in [-0.15, -0.1) is 0 Å². The van der Waals surface area contributed by atoms with Crippen LogP contribution in [0.1, 0.15) is 38.2 Å². The first-order chi connectivity index (χ1) is 17.4. The van der Waals surface area contributed by atoms with Gasteiger partial charge in [-0.3, -0.25) is 14.3 Å². The Hall–Kier alpha value is -3.04. The maximum Gasteiger partial charge on any atom is 0.258 e.